The first kappa shape index (κ1) is 12.4. The highest BCUT2D eigenvalue weighted by Gasteiger charge is 2.21. The lowest BCUT2D eigenvalue weighted by atomic mass is 10.8. The fraction of sp³-hybridized carbons (Fsp3) is 0.500. The molecule has 0 spiro atoms. The minimum Gasteiger partial charge on any atom is -0.287 e. The molecule has 0 fully saturated rings. The van der Waals surface area contributed by atoms with Crippen molar-refractivity contribution in [2.45, 2.75) is 27.7 Å². The number of hydrogen-bond donors (Lipinski definition) is 0. The van der Waals surface area contributed by atoms with E-state index < -0.39 is 0 Å². The van der Waals surface area contributed by atoms with Crippen LogP contribution in [0.2, 0.25) is 0 Å². The molecule has 3 nitrogen and oxygen atoms in total. The molecule has 13 heavy (non-hydrogen) atoms. The molecule has 0 aromatic carbocycles. The van der Waals surface area contributed by atoms with Gasteiger partial charge in [0.15, 0.2) is 5.12 Å². The van der Waals surface area contributed by atoms with Crippen LogP contribution in [0.4, 0.5) is 0 Å². The Bertz CT molecular complexity index is 279. The number of carbonyl (C=O) groups excluding carboxylic acids is 3. The monoisotopic (exact) mass is 220 g/mol. The van der Waals surface area contributed by atoms with Gasteiger partial charge >= 0.3 is 26.6 Å². The quantitative estimate of drug-likeness (QED) is 0.454. The molecule has 5 heteroatoms. The first-order valence-electron chi connectivity index (χ1n) is 3.63. The van der Waals surface area contributed by atoms with Crippen LogP contribution in [0.25, 0.3) is 0 Å². The van der Waals surface area contributed by atoms with Crippen LogP contribution in [0, 0.1) is 0 Å². The van der Waals surface area contributed by atoms with Gasteiger partial charge in [0.1, 0.15) is 6.92 Å². The maximum Gasteiger partial charge on any atom is 0.579 e. The maximum absolute atomic E-state index is 10.6. The van der Waals surface area contributed by atoms with Crippen molar-refractivity contribution in [2.24, 2.45) is 0 Å². The summed E-state index contributed by atoms with van der Waals surface area (Å²) in [6.07, 6.45) is 0. The predicted octanol–water partition coefficient (Wildman–Crippen LogP) is 1.13. The zero-order valence-corrected chi connectivity index (χ0v) is 9.67. The van der Waals surface area contributed by atoms with Crippen LogP contribution in [-0.4, -0.2) is 20.4 Å². The van der Waals surface area contributed by atoms with Crippen LogP contribution in [-0.2, 0) is 25.4 Å². The average molecular weight is 220 g/mol. The van der Waals surface area contributed by atoms with Crippen molar-refractivity contribution in [3.05, 3.63) is 0 Å². The van der Waals surface area contributed by atoms with Crippen molar-refractivity contribution in [1.29, 1.82) is 0 Å². The summed E-state index contributed by atoms with van der Waals surface area (Å²) in [6.45, 7) is 6.31. The van der Waals surface area contributed by atoms with Gasteiger partial charge in [-0.15, -0.1) is 0 Å². The molecule has 0 aliphatic heterocycles. The molecule has 0 saturated heterocycles. The van der Waals surface area contributed by atoms with Crippen LogP contribution < -0.4 is 0 Å². The van der Waals surface area contributed by atoms with Crippen LogP contribution in [0.1, 0.15) is 27.7 Å². The molecule has 0 aromatic heterocycles. The second kappa shape index (κ2) is 5.99. The van der Waals surface area contributed by atoms with Crippen molar-refractivity contribution >= 4 is 43.5 Å². The van der Waals surface area contributed by atoms with Crippen molar-refractivity contribution in [1.82, 2.24) is 0 Å². The summed E-state index contributed by atoms with van der Waals surface area (Å²) in [5.41, 5.74) is 0. The number of rotatable bonds is 0. The summed E-state index contributed by atoms with van der Waals surface area (Å²) in [6, 6.07) is 0. The third-order valence-electron chi connectivity index (χ3n) is 0.862. The number of carbonyl (C=O) groups is 2. The van der Waals surface area contributed by atoms with Gasteiger partial charge in [-0.2, -0.15) is 4.42 Å². The Morgan fingerprint density at radius 1 is 1.15 bits per heavy atom. The average Bonchev–Trinajstić information content (AvgIpc) is 1.80. The highest BCUT2D eigenvalue weighted by atomic mass is 32.2. The molecule has 0 radical (unpaired) electrons. The summed E-state index contributed by atoms with van der Waals surface area (Å²) in [7, 11) is 0. The Morgan fingerprint density at radius 2 is 1.69 bits per heavy atom. The van der Waals surface area contributed by atoms with E-state index in [4.69, 9.17) is 4.42 Å². The highest BCUT2D eigenvalue weighted by Crippen LogP contribution is 2.02. The normalized spacial score (nSPS) is 12.9. The summed E-state index contributed by atoms with van der Waals surface area (Å²) in [4.78, 5) is 21.3. The summed E-state index contributed by atoms with van der Waals surface area (Å²) in [5.74, 6) is 0. The van der Waals surface area contributed by atoms with E-state index in [-0.39, 0.29) is 10.2 Å². The van der Waals surface area contributed by atoms with Gasteiger partial charge in [-0.05, 0) is 0 Å². The largest absolute Gasteiger partial charge is 0.579 e. The second-order valence-corrected chi connectivity index (χ2v) is 4.98. The van der Waals surface area contributed by atoms with Crippen LogP contribution >= 0.6 is 11.8 Å². The Hall–Kier alpha value is -0.550. The van der Waals surface area contributed by atoms with Gasteiger partial charge in [0.2, 0.25) is 0 Å². The van der Waals surface area contributed by atoms with Gasteiger partial charge in [-0.25, -0.2) is 4.79 Å². The Labute approximate surface area is 85.5 Å². The van der Waals surface area contributed by atoms with E-state index in [1.807, 2.05) is 0 Å². The minimum absolute atomic E-state index is 0.0295. The molecular formula is C8H12O3S2+2. The van der Waals surface area contributed by atoms with Gasteiger partial charge < -0.3 is 0 Å². The van der Waals surface area contributed by atoms with Gasteiger partial charge in [-0.1, -0.05) is 0 Å². The molecule has 0 atom stereocenters. The standard InChI is InChI=1S/C8H12O3S2/c1-5(9)12-7(3)11-8(4)13-6(2)10/h1-4H3/q+2. The third-order valence-corrected chi connectivity index (χ3v) is 2.18. The van der Waals surface area contributed by atoms with Gasteiger partial charge in [0.05, 0.1) is 13.8 Å². The van der Waals surface area contributed by atoms with E-state index in [0.717, 1.165) is 23.1 Å². The molecule has 0 aromatic rings. The van der Waals surface area contributed by atoms with Gasteiger partial charge in [-0.3, -0.25) is 4.79 Å². The predicted molar refractivity (Wildman–Crippen MR) is 57.7 cm³/mol. The zero-order valence-electron chi connectivity index (χ0n) is 8.04. The van der Waals surface area contributed by atoms with Gasteiger partial charge in [0, 0.05) is 18.7 Å². The smallest absolute Gasteiger partial charge is 0.287 e. The van der Waals surface area contributed by atoms with Crippen molar-refractivity contribution < 1.29 is 14.0 Å². The Balaban J connectivity index is 4.38. The summed E-state index contributed by atoms with van der Waals surface area (Å²) in [5, 5.41) is 1.02. The van der Waals surface area contributed by atoms with Crippen LogP contribution in [0.5, 0.6) is 0 Å². The molecule has 0 rings (SSSR count). The van der Waals surface area contributed by atoms with Crippen LogP contribution in [0.15, 0.2) is 0 Å². The maximum atomic E-state index is 10.6. The van der Waals surface area contributed by atoms with E-state index in [9.17, 15) is 9.59 Å². The SMILES string of the molecule is CC(=O)SC(C)=[O+]C(C)=[S+]C(C)=O. The van der Waals surface area contributed by atoms with Gasteiger partial charge in [0.25, 0.3) is 0 Å². The molecule has 0 aliphatic carbocycles. The Kier molecular flexibility index (Phi) is 5.73. The lowest BCUT2D eigenvalue weighted by Crippen LogP contribution is -2.04. The minimum atomic E-state index is -0.0295. The zero-order chi connectivity index (χ0) is 10.4. The van der Waals surface area contributed by atoms with E-state index in [1.54, 1.807) is 13.8 Å². The molecule has 0 N–H and O–H groups in total. The van der Waals surface area contributed by atoms with E-state index in [2.05, 4.69) is 0 Å². The fourth-order valence-corrected chi connectivity index (χ4v) is 1.84. The molecule has 0 bridgehead atoms. The summed E-state index contributed by atoms with van der Waals surface area (Å²) < 4.78 is 5.19. The fourth-order valence-electron chi connectivity index (χ4n) is 0.649. The lowest BCUT2D eigenvalue weighted by Gasteiger charge is -1.78. The van der Waals surface area contributed by atoms with E-state index in [0.29, 0.717) is 10.2 Å². The topological polar surface area (TPSA) is 45.4 Å². The summed E-state index contributed by atoms with van der Waals surface area (Å²) >= 11 is 2.04. The molecule has 0 heterocycles. The van der Waals surface area contributed by atoms with Crippen molar-refractivity contribution in [2.75, 3.05) is 0 Å². The number of hydrogen-bond acceptors (Lipinski definition) is 3. The van der Waals surface area contributed by atoms with Crippen molar-refractivity contribution in [3.8, 4) is 0 Å². The number of thioether (sulfide) groups is 1. The second-order valence-electron chi connectivity index (χ2n) is 2.27. The first-order chi connectivity index (χ1) is 5.91. The van der Waals surface area contributed by atoms with E-state index in [1.165, 1.54) is 13.8 Å². The molecule has 0 saturated carbocycles. The molecular weight excluding hydrogens is 208 g/mol. The van der Waals surface area contributed by atoms with Crippen LogP contribution in [0.3, 0.4) is 0 Å². The lowest BCUT2D eigenvalue weighted by molar-refractivity contribution is -0.308. The molecule has 0 amide bonds. The molecule has 0 unspecified atom stereocenters. The third kappa shape index (κ3) is 7.80. The Morgan fingerprint density at radius 3 is 2.08 bits per heavy atom. The molecule has 0 aliphatic rings. The highest BCUT2D eigenvalue weighted by molar-refractivity contribution is 8.26. The first-order valence-corrected chi connectivity index (χ1v) is 5.27. The van der Waals surface area contributed by atoms with E-state index >= 15 is 0 Å². The van der Waals surface area contributed by atoms with Crippen molar-refractivity contribution in [3.63, 3.8) is 0 Å². The molecule has 72 valence electrons.